The fourth-order valence-electron chi connectivity index (χ4n) is 1.89. The van der Waals surface area contributed by atoms with E-state index in [-0.39, 0.29) is 0 Å². The van der Waals surface area contributed by atoms with Gasteiger partial charge in [-0.05, 0) is 23.1 Å². The molecule has 1 aromatic carbocycles. The summed E-state index contributed by atoms with van der Waals surface area (Å²) in [7, 11) is 0. The second kappa shape index (κ2) is 7.17. The summed E-state index contributed by atoms with van der Waals surface area (Å²) in [5.74, 6) is -5.31. The molecule has 0 aliphatic rings. The van der Waals surface area contributed by atoms with Crippen LogP contribution in [0.5, 0.6) is 17.2 Å². The molecule has 0 aliphatic carbocycles. The van der Waals surface area contributed by atoms with Crippen LogP contribution >= 0.6 is 0 Å². The summed E-state index contributed by atoms with van der Waals surface area (Å²) in [5.41, 5.74) is 4.51. The number of halogens is 9. The first-order valence-electron chi connectivity index (χ1n) is 6.99. The molecule has 1 rings (SSSR count). The smallest absolute Gasteiger partial charge is 0.402 e. The number of rotatable bonds is 4. The van der Waals surface area contributed by atoms with E-state index in [9.17, 15) is 39.5 Å². The van der Waals surface area contributed by atoms with Gasteiger partial charge in [-0.1, -0.05) is 20.8 Å². The van der Waals surface area contributed by atoms with Gasteiger partial charge < -0.3 is 19.9 Å². The van der Waals surface area contributed by atoms with Crippen molar-refractivity contribution in [2.24, 2.45) is 11.1 Å². The topological polar surface area (TPSA) is 53.7 Å². The van der Waals surface area contributed by atoms with Gasteiger partial charge in [-0.15, -0.1) is 39.5 Å². The van der Waals surface area contributed by atoms with E-state index < -0.39 is 53.4 Å². The molecule has 13 heteroatoms. The van der Waals surface area contributed by atoms with Crippen LogP contribution in [0.1, 0.15) is 32.4 Å². The van der Waals surface area contributed by atoms with E-state index in [0.717, 1.165) is 0 Å². The highest BCUT2D eigenvalue weighted by Crippen LogP contribution is 2.47. The summed E-state index contributed by atoms with van der Waals surface area (Å²) in [6, 6.07) is -0.356. The standard InChI is InChI=1S/C14H14F9NO3/c1-11(2,3)10(24)6-4-7(25-12(15,16)17)9(27-14(21,22)23)8(5-6)26-13(18,19)20/h4-5,10H,24H2,1-3H3. The summed E-state index contributed by atoms with van der Waals surface area (Å²) in [6.45, 7) is 4.52. The van der Waals surface area contributed by atoms with Crippen LogP contribution in [-0.2, 0) is 0 Å². The molecule has 0 amide bonds. The molecule has 2 N–H and O–H groups in total. The Bertz CT molecular complexity index is 623. The van der Waals surface area contributed by atoms with E-state index in [0.29, 0.717) is 12.1 Å². The van der Waals surface area contributed by atoms with Crippen LogP contribution in [0.15, 0.2) is 12.1 Å². The third-order valence-corrected chi connectivity index (χ3v) is 3.00. The Hall–Kier alpha value is -2.05. The van der Waals surface area contributed by atoms with E-state index in [2.05, 4.69) is 14.2 Å². The first-order valence-corrected chi connectivity index (χ1v) is 6.99. The van der Waals surface area contributed by atoms with E-state index in [4.69, 9.17) is 5.73 Å². The van der Waals surface area contributed by atoms with Crippen molar-refractivity contribution in [2.45, 2.75) is 45.9 Å². The SMILES string of the molecule is CC(C)(C)C(N)c1cc(OC(F)(F)F)c(OC(F)(F)F)c(OC(F)(F)F)c1. The summed E-state index contributed by atoms with van der Waals surface area (Å²) < 4.78 is 123. The molecule has 0 saturated heterocycles. The van der Waals surface area contributed by atoms with Crippen molar-refractivity contribution in [3.05, 3.63) is 17.7 Å². The van der Waals surface area contributed by atoms with Gasteiger partial charge in [-0.25, -0.2) is 0 Å². The summed E-state index contributed by atoms with van der Waals surface area (Å²) in [4.78, 5) is 0. The van der Waals surface area contributed by atoms with Gasteiger partial charge in [0.15, 0.2) is 11.5 Å². The van der Waals surface area contributed by atoms with E-state index >= 15 is 0 Å². The van der Waals surface area contributed by atoms with Gasteiger partial charge in [0.05, 0.1) is 0 Å². The van der Waals surface area contributed by atoms with Crippen LogP contribution in [0.3, 0.4) is 0 Å². The van der Waals surface area contributed by atoms with Crippen molar-refractivity contribution >= 4 is 0 Å². The highest BCUT2D eigenvalue weighted by molar-refractivity contribution is 5.55. The Morgan fingerprint density at radius 1 is 0.704 bits per heavy atom. The van der Waals surface area contributed by atoms with Crippen molar-refractivity contribution in [3.8, 4) is 17.2 Å². The molecular weight excluding hydrogens is 401 g/mol. The van der Waals surface area contributed by atoms with Crippen molar-refractivity contribution < 1.29 is 53.7 Å². The molecule has 1 atom stereocenters. The maximum atomic E-state index is 12.5. The molecule has 0 aromatic heterocycles. The van der Waals surface area contributed by atoms with Gasteiger partial charge in [-0.3, -0.25) is 0 Å². The minimum absolute atomic E-state index is 0.393. The minimum Gasteiger partial charge on any atom is -0.402 e. The van der Waals surface area contributed by atoms with Crippen LogP contribution in [-0.4, -0.2) is 19.1 Å². The van der Waals surface area contributed by atoms with Crippen LogP contribution in [0.2, 0.25) is 0 Å². The van der Waals surface area contributed by atoms with Crippen molar-refractivity contribution in [1.82, 2.24) is 0 Å². The molecule has 0 radical (unpaired) electrons. The Kier molecular flexibility index (Phi) is 6.10. The van der Waals surface area contributed by atoms with Crippen LogP contribution in [0.25, 0.3) is 0 Å². The maximum absolute atomic E-state index is 12.5. The molecule has 27 heavy (non-hydrogen) atoms. The first-order chi connectivity index (χ1) is 11.8. The molecule has 0 heterocycles. The average molecular weight is 415 g/mol. The highest BCUT2D eigenvalue weighted by Gasteiger charge is 2.41. The molecule has 0 fully saturated rings. The monoisotopic (exact) mass is 415 g/mol. The van der Waals surface area contributed by atoms with Crippen molar-refractivity contribution in [2.75, 3.05) is 0 Å². The number of ether oxygens (including phenoxy) is 3. The first kappa shape index (κ1) is 23.0. The lowest BCUT2D eigenvalue weighted by Crippen LogP contribution is -2.28. The lowest BCUT2D eigenvalue weighted by molar-refractivity contribution is -0.293. The minimum atomic E-state index is -5.62. The lowest BCUT2D eigenvalue weighted by atomic mass is 9.83. The number of benzene rings is 1. The molecule has 0 spiro atoms. The predicted octanol–water partition coefficient (Wildman–Crippen LogP) is 5.43. The third-order valence-electron chi connectivity index (χ3n) is 3.00. The number of alkyl halides is 9. The Morgan fingerprint density at radius 3 is 1.30 bits per heavy atom. The van der Waals surface area contributed by atoms with Gasteiger partial charge in [0.1, 0.15) is 0 Å². The highest BCUT2D eigenvalue weighted by atomic mass is 19.4. The zero-order chi connectivity index (χ0) is 21.4. The fourth-order valence-corrected chi connectivity index (χ4v) is 1.89. The molecule has 156 valence electrons. The number of hydrogen-bond acceptors (Lipinski definition) is 4. The van der Waals surface area contributed by atoms with Crippen molar-refractivity contribution in [1.29, 1.82) is 0 Å². The third kappa shape index (κ3) is 7.61. The Labute approximate surface area is 147 Å². The molecule has 4 nitrogen and oxygen atoms in total. The van der Waals surface area contributed by atoms with Crippen LogP contribution in [0.4, 0.5) is 39.5 Å². The second-order valence-corrected chi connectivity index (χ2v) is 6.33. The van der Waals surface area contributed by atoms with Gasteiger partial charge in [-0.2, -0.15) is 0 Å². The molecule has 0 saturated carbocycles. The Morgan fingerprint density at radius 2 is 1.04 bits per heavy atom. The molecule has 0 aliphatic heterocycles. The predicted molar refractivity (Wildman–Crippen MR) is 72.9 cm³/mol. The fraction of sp³-hybridized carbons (Fsp3) is 0.571. The second-order valence-electron chi connectivity index (χ2n) is 6.33. The number of nitrogens with two attached hydrogens (primary N) is 1. The summed E-state index contributed by atoms with van der Waals surface area (Å²) in [6.07, 6.45) is -16.7. The van der Waals surface area contributed by atoms with Crippen LogP contribution < -0.4 is 19.9 Å². The van der Waals surface area contributed by atoms with E-state index in [1.807, 2.05) is 0 Å². The van der Waals surface area contributed by atoms with Gasteiger partial charge in [0, 0.05) is 6.04 Å². The van der Waals surface area contributed by atoms with Gasteiger partial charge in [0.2, 0.25) is 5.75 Å². The average Bonchev–Trinajstić information content (AvgIpc) is 2.35. The van der Waals surface area contributed by atoms with Crippen LogP contribution in [0, 0.1) is 5.41 Å². The quantitative estimate of drug-likeness (QED) is 0.667. The molecule has 1 unspecified atom stereocenters. The maximum Gasteiger partial charge on any atom is 0.573 e. The van der Waals surface area contributed by atoms with E-state index in [1.165, 1.54) is 20.8 Å². The van der Waals surface area contributed by atoms with E-state index in [1.54, 1.807) is 0 Å². The lowest BCUT2D eigenvalue weighted by Gasteiger charge is -2.29. The summed E-state index contributed by atoms with van der Waals surface area (Å²) in [5, 5.41) is 0. The molecular formula is C14H14F9NO3. The zero-order valence-electron chi connectivity index (χ0n) is 13.9. The van der Waals surface area contributed by atoms with Gasteiger partial charge in [0.25, 0.3) is 0 Å². The molecule has 1 aromatic rings. The molecule has 0 bridgehead atoms. The summed E-state index contributed by atoms with van der Waals surface area (Å²) >= 11 is 0. The van der Waals surface area contributed by atoms with Crippen molar-refractivity contribution in [3.63, 3.8) is 0 Å². The largest absolute Gasteiger partial charge is 0.573 e. The normalized spacial score (nSPS) is 14.7. The zero-order valence-corrected chi connectivity index (χ0v) is 13.9. The Balaban J connectivity index is 3.68. The van der Waals surface area contributed by atoms with Gasteiger partial charge >= 0.3 is 19.1 Å². The number of hydrogen-bond donors (Lipinski definition) is 1.